The molecule has 3 fully saturated rings. The highest BCUT2D eigenvalue weighted by molar-refractivity contribution is 8.45. The third-order valence-corrected chi connectivity index (χ3v) is 11.8. The minimum atomic E-state index is -5.35. The number of hydrogen-bond acceptors (Lipinski definition) is 17. The number of phosphoric acid groups is 1. The maximum absolute atomic E-state index is 13.0. The highest BCUT2D eigenvalue weighted by Gasteiger charge is 2.73. The fourth-order valence-electron chi connectivity index (χ4n) is 6.48. The van der Waals surface area contributed by atoms with Crippen LogP contribution in [0.15, 0.2) is 12.5 Å². The molecule has 248 valence electrons. The first-order valence-electron chi connectivity index (χ1n) is 13.2. The molecule has 3 aliphatic rings. The van der Waals surface area contributed by atoms with Crippen LogP contribution >= 0.6 is 26.9 Å². The Kier molecular flexibility index (Phi) is 9.09. The van der Waals surface area contributed by atoms with E-state index in [9.17, 15) is 44.7 Å². The number of hydrogen-bond donors (Lipinski definition) is 10. The highest BCUT2D eigenvalue weighted by Crippen LogP contribution is 2.68. The number of aliphatic hydroxyl groups excluding tert-OH is 4. The van der Waals surface area contributed by atoms with E-state index in [0.717, 1.165) is 0 Å². The molecule has 0 bridgehead atoms. The molecule has 1 saturated carbocycles. The second kappa shape index (κ2) is 11.7. The van der Waals surface area contributed by atoms with Crippen molar-refractivity contribution in [1.29, 1.82) is 0 Å². The number of phosphoric ester groups is 1. The number of nitrogens with zero attached hydrogens (tertiary/aromatic N) is 3. The number of nitrogens with one attached hydrogen (secondary N) is 1. The van der Waals surface area contributed by atoms with Crippen molar-refractivity contribution in [1.82, 2.24) is 19.9 Å². The number of likely N-dealkylation sites (N-methyl/N-ethyl adjacent to an activating group) is 1. The van der Waals surface area contributed by atoms with Crippen molar-refractivity contribution in [3.05, 3.63) is 18.1 Å². The Morgan fingerprint density at radius 3 is 2.57 bits per heavy atom. The average molecular weight is 688 g/mol. The minimum Gasteiger partial charge on any atom is -0.394 e. The lowest BCUT2D eigenvalue weighted by atomic mass is 9.86. The smallest absolute Gasteiger partial charge is 0.394 e. The summed E-state index contributed by atoms with van der Waals surface area (Å²) in [5.74, 6) is -5.35. The van der Waals surface area contributed by atoms with Crippen LogP contribution in [0.1, 0.15) is 18.6 Å². The van der Waals surface area contributed by atoms with Gasteiger partial charge >= 0.3 is 14.6 Å². The van der Waals surface area contributed by atoms with E-state index in [0.29, 0.717) is 16.6 Å². The summed E-state index contributed by atoms with van der Waals surface area (Å²) in [4.78, 5) is 23.0. The Bertz CT molecular complexity index is 1480. The van der Waals surface area contributed by atoms with E-state index in [1.165, 1.54) is 13.3 Å². The topological polar surface area (TPSA) is 293 Å². The number of fused-ring (bicyclic) bond motifs is 2. The van der Waals surface area contributed by atoms with Crippen molar-refractivity contribution in [3.63, 3.8) is 0 Å². The highest BCUT2D eigenvalue weighted by atomic mass is 32.7. The van der Waals surface area contributed by atoms with Crippen LogP contribution in [0.25, 0.3) is 11.0 Å². The van der Waals surface area contributed by atoms with Gasteiger partial charge in [0.1, 0.15) is 29.7 Å². The molecule has 0 aromatic carbocycles. The third kappa shape index (κ3) is 5.74. The summed E-state index contributed by atoms with van der Waals surface area (Å²) in [5.41, 5.74) is 5.64. The van der Waals surface area contributed by atoms with Crippen LogP contribution in [0.2, 0.25) is 0 Å². The third-order valence-electron chi connectivity index (χ3n) is 8.24. The molecule has 44 heavy (non-hydrogen) atoms. The number of rotatable bonds is 11. The van der Waals surface area contributed by atoms with Crippen LogP contribution in [0.5, 0.6) is 0 Å². The van der Waals surface area contributed by atoms with Crippen molar-refractivity contribution in [2.24, 2.45) is 11.8 Å². The summed E-state index contributed by atoms with van der Waals surface area (Å²) in [6.45, 7) is -4.62. The largest absolute Gasteiger partial charge is 0.482 e. The summed E-state index contributed by atoms with van der Waals surface area (Å²) in [6.07, 6.45) is -6.31. The second-order valence-electron chi connectivity index (χ2n) is 11.4. The molecule has 2 aromatic rings. The molecule has 10 N–H and O–H groups in total. The number of thiol groups is 1. The van der Waals surface area contributed by atoms with Gasteiger partial charge in [0.25, 0.3) is 0 Å². The predicted molar refractivity (Wildman–Crippen MR) is 150 cm³/mol. The van der Waals surface area contributed by atoms with Gasteiger partial charge in [-0.15, -0.1) is 0 Å². The van der Waals surface area contributed by atoms with E-state index in [-0.39, 0.29) is 5.82 Å². The van der Waals surface area contributed by atoms with Gasteiger partial charge in [0.2, 0.25) is 0 Å². The molecule has 2 aromatic heterocycles. The molecule has 2 aliphatic heterocycles. The van der Waals surface area contributed by atoms with Gasteiger partial charge in [-0.05, 0) is 21.0 Å². The van der Waals surface area contributed by atoms with E-state index in [1.807, 2.05) is 0 Å². The molecule has 0 spiro atoms. The van der Waals surface area contributed by atoms with Gasteiger partial charge in [-0.25, -0.2) is 19.1 Å². The van der Waals surface area contributed by atoms with Gasteiger partial charge in [0.05, 0.1) is 54.9 Å². The number of ether oxygens (including phenoxy) is 2. The second-order valence-corrected chi connectivity index (χ2v) is 15.8. The Morgan fingerprint density at radius 1 is 1.25 bits per heavy atom. The summed E-state index contributed by atoms with van der Waals surface area (Å²) in [7, 11) is -2.02. The summed E-state index contributed by atoms with van der Waals surface area (Å²) in [6, 6.07) is -0.777. The van der Waals surface area contributed by atoms with Crippen molar-refractivity contribution in [2.45, 2.75) is 61.2 Å². The van der Waals surface area contributed by atoms with Gasteiger partial charge in [0, 0.05) is 11.8 Å². The summed E-state index contributed by atoms with van der Waals surface area (Å²) in [5, 5.41) is 61.9. The van der Waals surface area contributed by atoms with Gasteiger partial charge in [0.15, 0.2) is 17.9 Å². The molecule has 0 amide bonds. The first-order chi connectivity index (χ1) is 20.3. The molecule has 0 radical (unpaired) electrons. The van der Waals surface area contributed by atoms with Crippen molar-refractivity contribution in [3.8, 4) is 0 Å². The molecule has 13 atom stereocenters. The Labute approximate surface area is 255 Å². The number of nitrogens with two attached hydrogens (primary N) is 1. The Morgan fingerprint density at radius 2 is 1.93 bits per heavy atom. The molecule has 2 saturated heterocycles. The van der Waals surface area contributed by atoms with Gasteiger partial charge in [-0.2, -0.15) is 4.31 Å². The molecule has 22 heteroatoms. The number of aromatic nitrogens is 3. The van der Waals surface area contributed by atoms with Crippen molar-refractivity contribution >= 4 is 43.7 Å². The van der Waals surface area contributed by atoms with Crippen molar-refractivity contribution < 1.29 is 67.5 Å². The maximum atomic E-state index is 13.0. The Hall–Kier alpha value is -1.29. The SMILES string of the molecule is CN(C)[C@@H]1[C@@H](COP(=O)(S)OP(=O)(O)OC2OC3(O)C2C(O)C(O)C3[C@@H](O)CO)O[C@@H](c2c[nH]c3c(N)ncnc23)[C@]1(C)O. The monoisotopic (exact) mass is 687 g/mol. The Balaban J connectivity index is 1.26. The van der Waals surface area contributed by atoms with E-state index >= 15 is 0 Å². The van der Waals surface area contributed by atoms with Crippen LogP contribution in [-0.4, -0.2) is 131 Å². The quantitative estimate of drug-likeness (QED) is 0.0922. The summed E-state index contributed by atoms with van der Waals surface area (Å²) < 4.78 is 51.7. The molecular weight excluding hydrogens is 652 g/mol. The van der Waals surface area contributed by atoms with E-state index < -0.39 is 93.9 Å². The minimum absolute atomic E-state index is 0.185. The number of aliphatic hydroxyl groups is 6. The van der Waals surface area contributed by atoms with Crippen LogP contribution in [-0.2, 0) is 32.0 Å². The zero-order valence-electron chi connectivity index (χ0n) is 23.5. The first-order valence-corrected chi connectivity index (χ1v) is 17.4. The molecule has 1 aliphatic carbocycles. The number of aromatic amines is 1. The lowest BCUT2D eigenvalue weighted by Crippen LogP contribution is -2.64. The van der Waals surface area contributed by atoms with E-state index in [2.05, 4.69) is 31.5 Å². The lowest BCUT2D eigenvalue weighted by molar-refractivity contribution is -0.427. The fourth-order valence-corrected chi connectivity index (χ4v) is 9.67. The van der Waals surface area contributed by atoms with Gasteiger partial charge in [-0.1, -0.05) is 12.2 Å². The predicted octanol–water partition coefficient (Wildman–Crippen LogP) is -1.78. The zero-order chi connectivity index (χ0) is 32.6. The normalized spacial score (nSPS) is 40.5. The van der Waals surface area contributed by atoms with E-state index in [1.54, 1.807) is 25.2 Å². The first kappa shape index (κ1) is 34.1. The molecule has 4 heterocycles. The van der Waals surface area contributed by atoms with Crippen LogP contribution < -0.4 is 5.73 Å². The zero-order valence-corrected chi connectivity index (χ0v) is 26.2. The number of H-pyrrole nitrogens is 1. The molecule has 5 rings (SSSR count). The van der Waals surface area contributed by atoms with Crippen LogP contribution in [0.4, 0.5) is 5.82 Å². The van der Waals surface area contributed by atoms with Crippen LogP contribution in [0, 0.1) is 11.8 Å². The van der Waals surface area contributed by atoms with Gasteiger partial charge in [-0.3, -0.25) is 9.05 Å². The molecule has 8 unspecified atom stereocenters. The average Bonchev–Trinajstić information content (AvgIpc) is 3.48. The van der Waals surface area contributed by atoms with Crippen LogP contribution in [0.3, 0.4) is 0 Å². The maximum Gasteiger partial charge on any atom is 0.482 e. The fraction of sp³-hybridized carbons (Fsp3) is 0.727. The van der Waals surface area contributed by atoms with Crippen molar-refractivity contribution in [2.75, 3.05) is 33.0 Å². The lowest BCUT2D eigenvalue weighted by Gasteiger charge is -2.49. The summed E-state index contributed by atoms with van der Waals surface area (Å²) >= 11 is 3.76. The molecule has 19 nitrogen and oxygen atoms in total. The standard InChI is InChI=1S/C22H35N5O14P2S/c1-21(32)17(27(2)3)10(38-18(21)8-4-24-14-13(8)25-7-26-19(14)23)6-37-43(36,44)41-42(34,35)40-20-12-16(31)15(30)11(9(29)5-28)22(12,33)39-20/h4,7,9-12,15-18,20,24,28-33H,5-6H2,1-3H3,(H,34,35)(H,36,44)(H2,23,25,26)/t9-,10+,11?,12?,15?,16?,17+,18-,20?,21+,22?,43?/m0/s1. The van der Waals surface area contributed by atoms with E-state index in [4.69, 9.17) is 24.3 Å². The molecular formula is C22H35N5O14P2S. The number of anilines is 1. The van der Waals surface area contributed by atoms with Gasteiger partial charge < -0.3 is 60.6 Å². The number of nitrogen functional groups attached to an aromatic ring is 1.